The maximum Gasteiger partial charge on any atom is 0.282 e. The van der Waals surface area contributed by atoms with Crippen molar-refractivity contribution in [2.24, 2.45) is 5.10 Å². The fraction of sp³-hybridized carbons (Fsp3) is 0.100. The van der Waals surface area contributed by atoms with E-state index in [1.54, 1.807) is 25.5 Å². The van der Waals surface area contributed by atoms with Crippen molar-refractivity contribution in [3.8, 4) is 23.0 Å². The number of methoxy groups -OCH3 is 1. The number of fused-ring (bicyclic) bond motifs is 2. The number of hydrogen-bond donors (Lipinski definition) is 0. The molecule has 0 saturated carbocycles. The topological polar surface area (TPSA) is 74.6 Å². The van der Waals surface area contributed by atoms with E-state index >= 15 is 0 Å². The highest BCUT2D eigenvalue weighted by Crippen LogP contribution is 2.33. The Morgan fingerprint density at radius 2 is 1.76 bits per heavy atom. The minimum atomic E-state index is -0.291. The van der Waals surface area contributed by atoms with Crippen molar-refractivity contribution in [2.45, 2.75) is 13.8 Å². The third-order valence-electron chi connectivity index (χ3n) is 6.58. The van der Waals surface area contributed by atoms with Gasteiger partial charge in [-0.1, -0.05) is 29.8 Å². The summed E-state index contributed by atoms with van der Waals surface area (Å²) in [5.74, 6) is 1.39. The van der Waals surface area contributed by atoms with Crippen LogP contribution in [-0.4, -0.2) is 27.6 Å². The summed E-state index contributed by atoms with van der Waals surface area (Å²) in [4.78, 5) is 18.4. The van der Waals surface area contributed by atoms with Crippen molar-refractivity contribution in [3.63, 3.8) is 0 Å². The second-order valence-electron chi connectivity index (χ2n) is 8.94. The zero-order valence-electron chi connectivity index (χ0n) is 21.0. The molecule has 0 aliphatic heterocycles. The molecule has 0 bridgehead atoms. The van der Waals surface area contributed by atoms with Crippen LogP contribution in [0.5, 0.6) is 5.75 Å². The van der Waals surface area contributed by atoms with Crippen LogP contribution in [0.3, 0.4) is 0 Å². The minimum Gasteiger partial charge on any atom is -0.496 e. The number of para-hydroxylation sites is 1. The molecule has 8 heteroatoms. The van der Waals surface area contributed by atoms with E-state index in [2.05, 4.69) is 9.67 Å². The maximum absolute atomic E-state index is 13.6. The van der Waals surface area contributed by atoms with Crippen molar-refractivity contribution in [1.29, 1.82) is 0 Å². The van der Waals surface area contributed by atoms with Crippen LogP contribution in [0.4, 0.5) is 0 Å². The number of ether oxygens (including phenoxy) is 1. The SMILES string of the molecule is COc1cccc2oc(-c3nc4ccccc4c(=O)n3N=Cc3cc(C)n(-c4ccc(Cl)cc4)c3C)cc12. The quantitative estimate of drug-likeness (QED) is 0.234. The Bertz CT molecular complexity index is 1910. The molecule has 0 fully saturated rings. The molecule has 0 radical (unpaired) electrons. The average Bonchev–Trinajstić information content (AvgIpc) is 3.49. The second kappa shape index (κ2) is 9.36. The van der Waals surface area contributed by atoms with E-state index in [9.17, 15) is 4.79 Å². The number of benzene rings is 3. The summed E-state index contributed by atoms with van der Waals surface area (Å²) in [6, 6.07) is 24.3. The first-order valence-electron chi connectivity index (χ1n) is 12.0. The van der Waals surface area contributed by atoms with Gasteiger partial charge >= 0.3 is 0 Å². The van der Waals surface area contributed by atoms with Crippen molar-refractivity contribution in [3.05, 3.63) is 111 Å². The van der Waals surface area contributed by atoms with Crippen LogP contribution in [0.2, 0.25) is 5.02 Å². The van der Waals surface area contributed by atoms with Crippen LogP contribution in [0, 0.1) is 13.8 Å². The van der Waals surface area contributed by atoms with E-state index < -0.39 is 0 Å². The molecule has 0 N–H and O–H groups in total. The van der Waals surface area contributed by atoms with Gasteiger partial charge in [0.1, 0.15) is 11.3 Å². The lowest BCUT2D eigenvalue weighted by Crippen LogP contribution is -2.20. The Balaban J connectivity index is 1.52. The normalized spacial score (nSPS) is 11.7. The molecule has 0 aliphatic carbocycles. The Hall–Kier alpha value is -4.62. The molecule has 38 heavy (non-hydrogen) atoms. The van der Waals surface area contributed by atoms with Gasteiger partial charge in [-0.3, -0.25) is 4.79 Å². The maximum atomic E-state index is 13.6. The third kappa shape index (κ3) is 3.97. The smallest absolute Gasteiger partial charge is 0.282 e. The lowest BCUT2D eigenvalue weighted by Gasteiger charge is -2.09. The third-order valence-corrected chi connectivity index (χ3v) is 6.83. The van der Waals surface area contributed by atoms with Crippen molar-refractivity contribution < 1.29 is 9.15 Å². The van der Waals surface area contributed by atoms with Crippen molar-refractivity contribution in [2.75, 3.05) is 7.11 Å². The van der Waals surface area contributed by atoms with Gasteiger partial charge in [0, 0.05) is 27.7 Å². The van der Waals surface area contributed by atoms with E-state index in [1.807, 2.05) is 80.6 Å². The summed E-state index contributed by atoms with van der Waals surface area (Å²) in [6.07, 6.45) is 1.68. The molecule has 0 unspecified atom stereocenters. The lowest BCUT2D eigenvalue weighted by molar-refractivity contribution is 0.419. The number of hydrogen-bond acceptors (Lipinski definition) is 5. The van der Waals surface area contributed by atoms with Crippen LogP contribution >= 0.6 is 11.6 Å². The molecule has 0 spiro atoms. The summed E-state index contributed by atoms with van der Waals surface area (Å²) in [6.45, 7) is 4.03. The highest BCUT2D eigenvalue weighted by Gasteiger charge is 2.18. The van der Waals surface area contributed by atoms with Crippen LogP contribution in [0.25, 0.3) is 39.1 Å². The van der Waals surface area contributed by atoms with Crippen molar-refractivity contribution in [1.82, 2.24) is 14.2 Å². The Kier molecular flexibility index (Phi) is 5.85. The minimum absolute atomic E-state index is 0.291. The van der Waals surface area contributed by atoms with E-state index in [1.165, 1.54) is 4.68 Å². The molecule has 188 valence electrons. The number of furan rings is 1. The van der Waals surface area contributed by atoms with Gasteiger partial charge in [0.25, 0.3) is 5.56 Å². The largest absolute Gasteiger partial charge is 0.496 e. The summed E-state index contributed by atoms with van der Waals surface area (Å²) >= 11 is 6.08. The standard InChI is InChI=1S/C30H23ClN4O3/c1-18-15-20(19(2)34(18)22-13-11-21(31)12-14-22)17-32-35-29(33-25-8-5-4-7-23(25)30(35)36)28-16-24-26(37-3)9-6-10-27(24)38-28/h4-17H,1-3H3. The van der Waals surface area contributed by atoms with Gasteiger partial charge in [-0.05, 0) is 74.5 Å². The summed E-state index contributed by atoms with van der Waals surface area (Å²) in [5.41, 5.74) is 4.77. The monoisotopic (exact) mass is 522 g/mol. The van der Waals surface area contributed by atoms with Crippen LogP contribution in [-0.2, 0) is 0 Å². The zero-order chi connectivity index (χ0) is 26.4. The molecule has 0 amide bonds. The van der Waals surface area contributed by atoms with E-state index in [0.29, 0.717) is 38.8 Å². The zero-order valence-corrected chi connectivity index (χ0v) is 21.7. The predicted octanol–water partition coefficient (Wildman–Crippen LogP) is 6.76. The first-order valence-corrected chi connectivity index (χ1v) is 12.4. The molecule has 0 saturated heterocycles. The molecule has 0 atom stereocenters. The molecule has 6 rings (SSSR count). The first-order chi connectivity index (χ1) is 18.4. The highest BCUT2D eigenvalue weighted by molar-refractivity contribution is 6.30. The number of halogens is 1. The molecule has 7 nitrogen and oxygen atoms in total. The van der Waals surface area contributed by atoms with Gasteiger partial charge in [-0.15, -0.1) is 0 Å². The van der Waals surface area contributed by atoms with E-state index in [0.717, 1.165) is 28.0 Å². The highest BCUT2D eigenvalue weighted by atomic mass is 35.5. The van der Waals surface area contributed by atoms with Crippen LogP contribution in [0.1, 0.15) is 17.0 Å². The fourth-order valence-electron chi connectivity index (χ4n) is 4.74. The van der Waals surface area contributed by atoms with Gasteiger partial charge < -0.3 is 13.7 Å². The lowest BCUT2D eigenvalue weighted by atomic mass is 10.2. The van der Waals surface area contributed by atoms with Gasteiger partial charge in [0.15, 0.2) is 5.76 Å². The number of nitrogens with zero attached hydrogens (tertiary/aromatic N) is 4. The Morgan fingerprint density at radius 3 is 2.55 bits per heavy atom. The summed E-state index contributed by atoms with van der Waals surface area (Å²) in [7, 11) is 1.61. The molecule has 0 aliphatic rings. The van der Waals surface area contributed by atoms with Crippen LogP contribution < -0.4 is 10.3 Å². The van der Waals surface area contributed by atoms with Gasteiger partial charge in [-0.2, -0.15) is 9.78 Å². The summed E-state index contributed by atoms with van der Waals surface area (Å²) in [5, 5.41) is 6.56. The molecular weight excluding hydrogens is 500 g/mol. The van der Waals surface area contributed by atoms with Crippen LogP contribution in [0.15, 0.2) is 93.2 Å². The molecular formula is C30H23ClN4O3. The second-order valence-corrected chi connectivity index (χ2v) is 9.37. The average molecular weight is 523 g/mol. The van der Waals surface area contributed by atoms with E-state index in [-0.39, 0.29) is 5.56 Å². The number of rotatable bonds is 5. The van der Waals surface area contributed by atoms with E-state index in [4.69, 9.17) is 25.7 Å². The first kappa shape index (κ1) is 23.8. The van der Waals surface area contributed by atoms with Gasteiger partial charge in [0.05, 0.1) is 29.6 Å². The molecule has 3 aromatic carbocycles. The van der Waals surface area contributed by atoms with Gasteiger partial charge in [-0.25, -0.2) is 4.98 Å². The van der Waals surface area contributed by atoms with Crippen molar-refractivity contribution >= 4 is 39.7 Å². The molecule has 3 heterocycles. The fourth-order valence-corrected chi connectivity index (χ4v) is 4.86. The Morgan fingerprint density at radius 1 is 0.974 bits per heavy atom. The number of aromatic nitrogens is 3. The van der Waals surface area contributed by atoms with Gasteiger partial charge in [0.2, 0.25) is 5.82 Å². The summed E-state index contributed by atoms with van der Waals surface area (Å²) < 4.78 is 15.0. The molecule has 3 aromatic heterocycles. The predicted molar refractivity (Wildman–Crippen MR) is 151 cm³/mol. The number of aryl methyl sites for hydroxylation is 1. The Labute approximate surface area is 223 Å². The molecule has 6 aromatic rings.